The predicted molar refractivity (Wildman–Crippen MR) is 237 cm³/mol. The fourth-order valence-electron chi connectivity index (χ4n) is 7.70. The molecular weight excluding hydrogens is 935 g/mol. The molecule has 2 unspecified atom stereocenters. The average Bonchev–Trinajstić information content (AvgIpc) is 4.18. The second kappa shape index (κ2) is 20.4. The summed E-state index contributed by atoms with van der Waals surface area (Å²) >= 11 is 1.49. The van der Waals surface area contributed by atoms with Gasteiger partial charge < -0.3 is 4.74 Å². The third-order valence-electron chi connectivity index (χ3n) is 12.0. The zero-order valence-electron chi connectivity index (χ0n) is 37.1. The topological polar surface area (TPSA) is 147 Å². The van der Waals surface area contributed by atoms with Gasteiger partial charge in [-0.15, -0.1) is 11.3 Å². The van der Waals surface area contributed by atoms with E-state index in [1.54, 1.807) is 37.0 Å². The smallest absolute Gasteiger partial charge is 0.350 e. The van der Waals surface area contributed by atoms with Gasteiger partial charge in [0, 0.05) is 45.9 Å². The van der Waals surface area contributed by atoms with Crippen molar-refractivity contribution in [1.29, 1.82) is 5.26 Å². The minimum absolute atomic E-state index is 0.0869. The number of benzene rings is 4. The molecule has 0 aliphatic rings. The summed E-state index contributed by atoms with van der Waals surface area (Å²) in [6, 6.07) is 20.6. The Hall–Kier alpha value is -7.54. The summed E-state index contributed by atoms with van der Waals surface area (Å²) in [5.41, 5.74) is 0.555. The van der Waals surface area contributed by atoms with Gasteiger partial charge in [-0.3, -0.25) is 13.9 Å². The number of nitrogens with zero attached hydrogens (tertiary/aromatic N) is 11. The first-order valence-corrected chi connectivity index (χ1v) is 21.8. The van der Waals surface area contributed by atoms with Gasteiger partial charge in [-0.1, -0.05) is 45.0 Å². The maximum absolute atomic E-state index is 14.9. The molecule has 0 N–H and O–H groups in total. The molecule has 0 spiro atoms. The predicted octanol–water partition coefficient (Wildman–Crippen LogP) is 9.72. The van der Waals surface area contributed by atoms with E-state index in [2.05, 4.69) is 31.3 Å². The number of ether oxygens (including phenoxy) is 1. The van der Waals surface area contributed by atoms with Crippen LogP contribution in [0.4, 0.5) is 35.1 Å². The maximum atomic E-state index is 14.9. The summed E-state index contributed by atoms with van der Waals surface area (Å²) in [4.78, 5) is 26.0. The Balaban J connectivity index is 0.000000208. The molecule has 69 heavy (non-hydrogen) atoms. The molecule has 0 saturated carbocycles. The van der Waals surface area contributed by atoms with Crippen LogP contribution in [-0.2, 0) is 23.9 Å². The van der Waals surface area contributed by atoms with E-state index >= 15 is 0 Å². The van der Waals surface area contributed by atoms with Crippen molar-refractivity contribution in [3.8, 4) is 28.8 Å². The van der Waals surface area contributed by atoms with Gasteiger partial charge in [-0.05, 0) is 66.6 Å². The highest BCUT2D eigenvalue weighted by atomic mass is 32.1. The molecule has 0 amide bonds. The fourth-order valence-corrected chi connectivity index (χ4v) is 8.74. The second-order valence-corrected chi connectivity index (χ2v) is 17.4. The molecule has 0 bridgehead atoms. The summed E-state index contributed by atoms with van der Waals surface area (Å²) in [6.07, 6.45) is 3.12. The number of hydrogen-bond acceptors (Lipinski definition) is 10. The first kappa shape index (κ1) is 49.4. The van der Waals surface area contributed by atoms with Gasteiger partial charge in [0.25, 0.3) is 0 Å². The van der Waals surface area contributed by atoms with Crippen LogP contribution < -0.4 is 10.4 Å². The van der Waals surface area contributed by atoms with E-state index in [4.69, 9.17) is 15.0 Å². The lowest BCUT2D eigenvalue weighted by Crippen LogP contribution is -2.41. The van der Waals surface area contributed by atoms with Crippen LogP contribution in [-0.4, -0.2) is 67.8 Å². The first-order chi connectivity index (χ1) is 32.8. The van der Waals surface area contributed by atoms with E-state index in [9.17, 15) is 39.9 Å². The molecule has 13 nitrogen and oxygen atoms in total. The number of rotatable bonds is 16. The number of thiazole rings is 1. The number of nitriles is 1. The average molecular weight is 976 g/mol. The van der Waals surface area contributed by atoms with Crippen molar-refractivity contribution in [2.45, 2.75) is 75.9 Å². The fraction of sp³-hybridized carbons (Fsp3) is 0.277. The molecule has 4 aromatic carbocycles. The van der Waals surface area contributed by atoms with Crippen molar-refractivity contribution in [2.75, 3.05) is 6.61 Å². The van der Waals surface area contributed by atoms with Gasteiger partial charge in [0.2, 0.25) is 0 Å². The highest BCUT2D eigenvalue weighted by molar-refractivity contribution is 7.10. The maximum Gasteiger partial charge on any atom is 0.350 e. The molecule has 4 aromatic heterocycles. The summed E-state index contributed by atoms with van der Waals surface area (Å²) < 4.78 is 118. The normalized spacial score (nSPS) is 14.3. The van der Waals surface area contributed by atoms with Crippen molar-refractivity contribution in [3.05, 3.63) is 177 Å². The Morgan fingerprint density at radius 3 is 1.84 bits per heavy atom. The van der Waals surface area contributed by atoms with Gasteiger partial charge in [0.05, 0.1) is 41.1 Å². The van der Waals surface area contributed by atoms with Gasteiger partial charge in [-0.2, -0.15) is 34.0 Å². The minimum Gasteiger partial charge on any atom is -0.487 e. The lowest BCUT2D eigenvalue weighted by molar-refractivity contribution is -0.148. The van der Waals surface area contributed by atoms with Crippen LogP contribution in [0.2, 0.25) is 0 Å². The van der Waals surface area contributed by atoms with Crippen LogP contribution in [0.3, 0.4) is 0 Å². The zero-order chi connectivity index (χ0) is 49.7. The Morgan fingerprint density at radius 1 is 0.754 bits per heavy atom. The van der Waals surface area contributed by atoms with Gasteiger partial charge in [0.15, 0.2) is 6.61 Å². The van der Waals surface area contributed by atoms with Crippen molar-refractivity contribution in [3.63, 3.8) is 0 Å². The number of hydrogen-bond donors (Lipinski definition) is 0. The molecule has 8 aromatic rings. The van der Waals surface area contributed by atoms with Crippen LogP contribution in [0.15, 0.2) is 127 Å². The van der Waals surface area contributed by atoms with E-state index in [-0.39, 0.29) is 29.5 Å². The Labute approximate surface area is 392 Å². The lowest BCUT2D eigenvalue weighted by Gasteiger charge is -2.36. The molecule has 0 saturated heterocycles. The Kier molecular flexibility index (Phi) is 14.6. The van der Waals surface area contributed by atoms with Crippen LogP contribution >= 0.6 is 11.3 Å². The van der Waals surface area contributed by atoms with E-state index in [1.165, 1.54) is 88.4 Å². The molecule has 0 aliphatic heterocycles. The Morgan fingerprint density at radius 2 is 1.32 bits per heavy atom. The molecule has 358 valence electrons. The van der Waals surface area contributed by atoms with Crippen LogP contribution in [0.1, 0.15) is 61.4 Å². The van der Waals surface area contributed by atoms with E-state index < -0.39 is 64.8 Å². The molecule has 22 heteroatoms. The third kappa shape index (κ3) is 10.8. The van der Waals surface area contributed by atoms with E-state index in [0.29, 0.717) is 17.7 Å². The molecule has 4 atom stereocenters. The number of alkyl halides is 4. The van der Waals surface area contributed by atoms with Crippen molar-refractivity contribution >= 4 is 11.3 Å². The SMILES string of the molecule is CC(n1cnn(-c2ccc(OCC(F)(F)C(F)F)cc2)c1=O)C(C)(Cn1cncn1)c1ccc(F)cc1F.C[C@@H](c1nc(-c2ccc(C#N)cc2)cs1)[C@](C)(Cn1cncn1)c1ccc(F)cc1F. The largest absolute Gasteiger partial charge is 0.487 e. The Bertz CT molecular complexity index is 3080. The van der Waals surface area contributed by atoms with E-state index in [0.717, 1.165) is 39.1 Å². The summed E-state index contributed by atoms with van der Waals surface area (Å²) in [6.45, 7) is 6.21. The lowest BCUT2D eigenvalue weighted by atomic mass is 9.72. The van der Waals surface area contributed by atoms with Crippen molar-refractivity contribution < 1.29 is 39.9 Å². The molecule has 8 rings (SSSR count). The zero-order valence-corrected chi connectivity index (χ0v) is 37.9. The second-order valence-electron chi connectivity index (χ2n) is 16.5. The van der Waals surface area contributed by atoms with E-state index in [1.807, 2.05) is 31.4 Å². The minimum atomic E-state index is -4.31. The summed E-state index contributed by atoms with van der Waals surface area (Å²) in [5.74, 6) is -7.39. The van der Waals surface area contributed by atoms with Crippen LogP contribution in [0.25, 0.3) is 16.9 Å². The highest BCUT2D eigenvalue weighted by Gasteiger charge is 2.42. The molecular formula is C47H41F8N11O2S. The standard InChI is InChI=1S/C24H22F6N6O2.C23H19F2N5S/c1-15(23(2,10-34-13-31-12-32-34)19-8-3-16(25)9-20(19)26)35-14-33-36(22(35)37)17-4-6-18(7-5-17)38-11-24(29,30)21(27)28;1-15(22-29-21(11-31-22)17-5-3-16(10-26)4-6-17)23(2,12-30-14-27-13-28-30)19-8-7-18(24)9-20(19)25/h3-9,12-15,21H,10-11H2,1-2H3;3-9,11,13-15H,12H2,1-2H3/t;15-,23-/m.0/s1. The molecule has 0 radical (unpaired) electrons. The third-order valence-corrected chi connectivity index (χ3v) is 13.1. The van der Waals surface area contributed by atoms with Crippen molar-refractivity contribution in [1.82, 2.24) is 48.9 Å². The summed E-state index contributed by atoms with van der Waals surface area (Å²) in [7, 11) is 0. The molecule has 0 aliphatic carbocycles. The molecule has 0 fully saturated rings. The quantitative estimate of drug-likeness (QED) is 0.0864. The number of halogens is 8. The van der Waals surface area contributed by atoms with Crippen LogP contribution in [0.5, 0.6) is 5.75 Å². The molecule has 4 heterocycles. The summed E-state index contributed by atoms with van der Waals surface area (Å²) in [5, 5.41) is 24.1. The highest BCUT2D eigenvalue weighted by Crippen LogP contribution is 2.43. The van der Waals surface area contributed by atoms with Gasteiger partial charge >= 0.3 is 18.0 Å². The van der Waals surface area contributed by atoms with Crippen LogP contribution in [0, 0.1) is 34.6 Å². The monoisotopic (exact) mass is 975 g/mol. The van der Waals surface area contributed by atoms with Gasteiger partial charge in [0.1, 0.15) is 60.7 Å². The number of aromatic nitrogens is 10. The van der Waals surface area contributed by atoms with Gasteiger partial charge in [-0.25, -0.2) is 46.1 Å². The first-order valence-electron chi connectivity index (χ1n) is 20.9. The van der Waals surface area contributed by atoms with Crippen molar-refractivity contribution in [2.24, 2.45) is 0 Å².